The fraction of sp³-hybridized carbons (Fsp3) is 0.538. The Hall–Kier alpha value is -1.58. The summed E-state index contributed by atoms with van der Waals surface area (Å²) in [4.78, 5) is 27.7. The molecule has 1 N–H and O–H groups in total. The Bertz CT molecular complexity index is 444. The maximum absolute atomic E-state index is 12.3. The van der Waals surface area contributed by atoms with Gasteiger partial charge >= 0.3 is 0 Å². The second-order valence-electron chi connectivity index (χ2n) is 4.89. The number of hydrogen-bond donors (Lipinski definition) is 1. The van der Waals surface area contributed by atoms with Crippen LogP contribution < -0.4 is 5.56 Å². The van der Waals surface area contributed by atoms with Gasteiger partial charge in [-0.05, 0) is 24.8 Å². The molecule has 0 radical (unpaired) electrons. The van der Waals surface area contributed by atoms with Gasteiger partial charge in [0, 0.05) is 24.8 Å². The highest BCUT2D eigenvalue weighted by molar-refractivity contribution is 5.94. The van der Waals surface area contributed by atoms with Crippen LogP contribution in [0.1, 0.15) is 37.0 Å². The van der Waals surface area contributed by atoms with E-state index in [4.69, 9.17) is 0 Å². The maximum atomic E-state index is 12.3. The molecule has 0 aliphatic carbocycles. The molecule has 4 heteroatoms. The number of likely N-dealkylation sites (tertiary alicyclic amines) is 1. The van der Waals surface area contributed by atoms with Gasteiger partial charge in [-0.2, -0.15) is 0 Å². The van der Waals surface area contributed by atoms with E-state index in [2.05, 4.69) is 18.8 Å². The van der Waals surface area contributed by atoms with Crippen LogP contribution in [0.4, 0.5) is 0 Å². The lowest BCUT2D eigenvalue weighted by Crippen LogP contribution is -2.38. The number of nitrogens with one attached hydrogen (secondary N) is 1. The zero-order valence-electron chi connectivity index (χ0n) is 10.3. The van der Waals surface area contributed by atoms with Crippen molar-refractivity contribution in [2.24, 2.45) is 5.92 Å². The van der Waals surface area contributed by atoms with Gasteiger partial charge < -0.3 is 9.88 Å². The molecule has 1 aliphatic heterocycles. The highest BCUT2D eigenvalue weighted by Gasteiger charge is 2.31. The van der Waals surface area contributed by atoms with E-state index in [9.17, 15) is 9.59 Å². The van der Waals surface area contributed by atoms with E-state index in [0.717, 1.165) is 19.4 Å². The maximum Gasteiger partial charge on any atom is 0.255 e. The predicted octanol–water partition coefficient (Wildman–Crippen LogP) is 1.64. The Kier molecular flexibility index (Phi) is 3.31. The first-order valence-electron chi connectivity index (χ1n) is 6.09. The first-order chi connectivity index (χ1) is 8.09. The van der Waals surface area contributed by atoms with Crippen LogP contribution in [-0.4, -0.2) is 28.4 Å². The van der Waals surface area contributed by atoms with Gasteiger partial charge in [-0.15, -0.1) is 0 Å². The van der Waals surface area contributed by atoms with Crippen molar-refractivity contribution in [1.82, 2.24) is 9.88 Å². The second kappa shape index (κ2) is 4.73. The molecule has 1 aromatic heterocycles. The number of carbonyl (C=O) groups excluding carboxylic acids is 1. The normalized spacial score (nSPS) is 19.9. The molecule has 2 rings (SSSR count). The Morgan fingerprint density at radius 2 is 2.24 bits per heavy atom. The van der Waals surface area contributed by atoms with Crippen LogP contribution in [0.3, 0.4) is 0 Å². The summed E-state index contributed by atoms with van der Waals surface area (Å²) in [6.07, 6.45) is 3.64. The van der Waals surface area contributed by atoms with Crippen molar-refractivity contribution in [1.29, 1.82) is 0 Å². The topological polar surface area (TPSA) is 53.2 Å². The van der Waals surface area contributed by atoms with E-state index in [0.29, 0.717) is 17.5 Å². The summed E-state index contributed by atoms with van der Waals surface area (Å²) in [7, 11) is 0. The summed E-state index contributed by atoms with van der Waals surface area (Å²) in [5.41, 5.74) is 0.389. The summed E-state index contributed by atoms with van der Waals surface area (Å²) < 4.78 is 0. The lowest BCUT2D eigenvalue weighted by Gasteiger charge is -2.27. The Balaban J connectivity index is 2.19. The van der Waals surface area contributed by atoms with Crippen molar-refractivity contribution in [2.45, 2.75) is 32.7 Å². The molecule has 2 heterocycles. The Labute approximate surface area is 101 Å². The van der Waals surface area contributed by atoms with Crippen molar-refractivity contribution < 1.29 is 4.79 Å². The minimum Gasteiger partial charge on any atom is -0.335 e. The van der Waals surface area contributed by atoms with Crippen molar-refractivity contribution in [3.05, 3.63) is 34.2 Å². The summed E-state index contributed by atoms with van der Waals surface area (Å²) in [6, 6.07) is 3.32. The fourth-order valence-corrected chi connectivity index (χ4v) is 2.45. The number of rotatable bonds is 2. The molecular weight excluding hydrogens is 216 g/mol. The molecule has 4 nitrogen and oxygen atoms in total. The molecule has 0 saturated carbocycles. The summed E-state index contributed by atoms with van der Waals surface area (Å²) in [6.45, 7) is 5.10. The number of aromatic amines is 1. The van der Waals surface area contributed by atoms with Gasteiger partial charge in [0.05, 0.1) is 5.56 Å². The molecule has 0 spiro atoms. The molecule has 0 bridgehead atoms. The minimum atomic E-state index is -0.177. The number of H-pyrrole nitrogens is 1. The quantitative estimate of drug-likeness (QED) is 0.845. The average Bonchev–Trinajstić information content (AvgIpc) is 2.78. The van der Waals surface area contributed by atoms with E-state index in [1.807, 2.05) is 4.90 Å². The van der Waals surface area contributed by atoms with E-state index in [1.165, 1.54) is 12.3 Å². The van der Waals surface area contributed by atoms with Gasteiger partial charge in [0.25, 0.3) is 5.91 Å². The third-order valence-corrected chi connectivity index (χ3v) is 3.36. The average molecular weight is 234 g/mol. The SMILES string of the molecule is CC(C)C1CCCN1C(=O)c1ccc(=O)[nH]c1. The minimum absolute atomic E-state index is 0.0254. The third kappa shape index (κ3) is 2.40. The molecule has 1 saturated heterocycles. The molecular formula is C13H18N2O2. The van der Waals surface area contributed by atoms with Crippen LogP contribution in [0, 0.1) is 5.92 Å². The van der Waals surface area contributed by atoms with E-state index < -0.39 is 0 Å². The smallest absolute Gasteiger partial charge is 0.255 e. The van der Waals surface area contributed by atoms with E-state index in [-0.39, 0.29) is 11.5 Å². The molecule has 17 heavy (non-hydrogen) atoms. The summed E-state index contributed by atoms with van der Waals surface area (Å²) in [5.74, 6) is 0.502. The number of nitrogens with zero attached hydrogens (tertiary/aromatic N) is 1. The molecule has 1 aromatic rings. The fourth-order valence-electron chi connectivity index (χ4n) is 2.45. The van der Waals surface area contributed by atoms with Crippen molar-refractivity contribution in [2.75, 3.05) is 6.54 Å². The van der Waals surface area contributed by atoms with Crippen LogP contribution >= 0.6 is 0 Å². The third-order valence-electron chi connectivity index (χ3n) is 3.36. The monoisotopic (exact) mass is 234 g/mol. The van der Waals surface area contributed by atoms with Crippen molar-refractivity contribution >= 4 is 5.91 Å². The first-order valence-corrected chi connectivity index (χ1v) is 6.09. The number of carbonyl (C=O) groups is 1. The second-order valence-corrected chi connectivity index (χ2v) is 4.89. The molecule has 1 atom stereocenters. The van der Waals surface area contributed by atoms with Crippen LogP contribution in [-0.2, 0) is 0 Å². The molecule has 1 amide bonds. The summed E-state index contributed by atoms with van der Waals surface area (Å²) >= 11 is 0. The Morgan fingerprint density at radius 1 is 1.47 bits per heavy atom. The number of pyridine rings is 1. The Morgan fingerprint density at radius 3 is 2.82 bits per heavy atom. The zero-order valence-corrected chi connectivity index (χ0v) is 10.3. The van der Waals surface area contributed by atoms with Crippen LogP contribution in [0.5, 0.6) is 0 Å². The van der Waals surface area contributed by atoms with Crippen molar-refractivity contribution in [3.8, 4) is 0 Å². The van der Waals surface area contributed by atoms with Crippen LogP contribution in [0.2, 0.25) is 0 Å². The number of amides is 1. The highest BCUT2D eigenvalue weighted by Crippen LogP contribution is 2.25. The molecule has 1 aliphatic rings. The molecule has 0 aromatic carbocycles. The largest absolute Gasteiger partial charge is 0.335 e. The van der Waals surface area contributed by atoms with Gasteiger partial charge in [-0.3, -0.25) is 9.59 Å². The molecule has 92 valence electrons. The summed E-state index contributed by atoms with van der Waals surface area (Å²) in [5, 5.41) is 0. The van der Waals surface area contributed by atoms with Gasteiger partial charge in [0.1, 0.15) is 0 Å². The molecule has 1 unspecified atom stereocenters. The van der Waals surface area contributed by atoms with Gasteiger partial charge in [-0.1, -0.05) is 13.8 Å². The lowest BCUT2D eigenvalue weighted by atomic mass is 10.0. The lowest BCUT2D eigenvalue weighted by molar-refractivity contribution is 0.0701. The van der Waals surface area contributed by atoms with Gasteiger partial charge in [-0.25, -0.2) is 0 Å². The highest BCUT2D eigenvalue weighted by atomic mass is 16.2. The van der Waals surface area contributed by atoms with Crippen LogP contribution in [0.25, 0.3) is 0 Å². The van der Waals surface area contributed by atoms with Crippen molar-refractivity contribution in [3.63, 3.8) is 0 Å². The molecule has 1 fully saturated rings. The van der Waals surface area contributed by atoms with Gasteiger partial charge in [0.15, 0.2) is 0 Å². The van der Waals surface area contributed by atoms with E-state index >= 15 is 0 Å². The zero-order chi connectivity index (χ0) is 12.4. The van der Waals surface area contributed by atoms with Gasteiger partial charge in [0.2, 0.25) is 5.56 Å². The first kappa shape index (κ1) is 11.9. The van der Waals surface area contributed by atoms with E-state index in [1.54, 1.807) is 6.07 Å². The number of aromatic nitrogens is 1. The standard InChI is InChI=1S/C13H18N2O2/c1-9(2)11-4-3-7-15(11)13(17)10-5-6-12(16)14-8-10/h5-6,8-9,11H,3-4,7H2,1-2H3,(H,14,16). The predicted molar refractivity (Wildman–Crippen MR) is 66.0 cm³/mol. The van der Waals surface area contributed by atoms with Crippen LogP contribution in [0.15, 0.2) is 23.1 Å². The number of hydrogen-bond acceptors (Lipinski definition) is 2.